The first kappa shape index (κ1) is 18.0. The molecule has 1 aromatic heterocycles. The lowest BCUT2D eigenvalue weighted by molar-refractivity contribution is 0.0957. The van der Waals surface area contributed by atoms with Crippen molar-refractivity contribution in [3.63, 3.8) is 0 Å². The van der Waals surface area contributed by atoms with Crippen molar-refractivity contribution in [2.45, 2.75) is 6.42 Å². The number of nitrogens with zero attached hydrogens (tertiary/aromatic N) is 1. The van der Waals surface area contributed by atoms with Gasteiger partial charge in [-0.15, -0.1) is 12.4 Å². The molecule has 1 aliphatic heterocycles. The average molecular weight is 349 g/mol. The summed E-state index contributed by atoms with van der Waals surface area (Å²) in [5.74, 6) is 0.654. The highest BCUT2D eigenvalue weighted by Crippen LogP contribution is 2.23. The molecule has 128 valence electrons. The highest BCUT2D eigenvalue weighted by atomic mass is 35.5. The van der Waals surface area contributed by atoms with Crippen molar-refractivity contribution in [1.29, 1.82) is 0 Å². The van der Waals surface area contributed by atoms with Crippen LogP contribution in [0.3, 0.4) is 0 Å². The Hall–Kier alpha value is -2.31. The second-order valence-corrected chi connectivity index (χ2v) is 5.39. The number of hydrogen-bond acceptors (Lipinski definition) is 4. The molecule has 0 aliphatic carbocycles. The molecule has 0 spiro atoms. The number of carbonyl (C=O) groups is 1. The van der Waals surface area contributed by atoms with Crippen molar-refractivity contribution >= 4 is 18.3 Å². The summed E-state index contributed by atoms with van der Waals surface area (Å²) in [5, 5.41) is 13.1. The number of methoxy groups -OCH3 is 1. The van der Waals surface area contributed by atoms with Crippen LogP contribution in [0.25, 0.3) is 11.3 Å². The predicted molar refractivity (Wildman–Crippen MR) is 95.7 cm³/mol. The maximum absolute atomic E-state index is 12.4. The lowest BCUT2D eigenvalue weighted by Crippen LogP contribution is -2.29. The molecule has 2 heterocycles. The number of hydrogen-bond donors (Lipinski definition) is 3. The van der Waals surface area contributed by atoms with Gasteiger partial charge in [0.2, 0.25) is 0 Å². The number of amides is 1. The molecule has 0 fully saturated rings. The first-order valence-electron chi connectivity index (χ1n) is 7.62. The minimum atomic E-state index is -0.121. The summed E-state index contributed by atoms with van der Waals surface area (Å²) >= 11 is 0. The lowest BCUT2D eigenvalue weighted by atomic mass is 10.1. The van der Waals surface area contributed by atoms with Crippen molar-refractivity contribution in [2.75, 3.05) is 26.7 Å². The summed E-state index contributed by atoms with van der Waals surface area (Å²) in [4.78, 5) is 12.4. The minimum absolute atomic E-state index is 0. The van der Waals surface area contributed by atoms with Gasteiger partial charge in [0.05, 0.1) is 24.6 Å². The molecule has 2 aromatic rings. The number of rotatable bonds is 5. The van der Waals surface area contributed by atoms with Gasteiger partial charge in [0.15, 0.2) is 0 Å². The largest absolute Gasteiger partial charge is 0.497 e. The average Bonchev–Trinajstić information content (AvgIpc) is 3.10. The van der Waals surface area contributed by atoms with Crippen LogP contribution < -0.4 is 15.4 Å². The van der Waals surface area contributed by atoms with Crippen LogP contribution in [-0.4, -0.2) is 42.8 Å². The molecular weight excluding hydrogens is 328 g/mol. The number of H-pyrrole nitrogens is 1. The number of nitrogens with one attached hydrogen (secondary N) is 3. The van der Waals surface area contributed by atoms with E-state index < -0.39 is 0 Å². The molecule has 24 heavy (non-hydrogen) atoms. The minimum Gasteiger partial charge on any atom is -0.497 e. The Kier molecular flexibility index (Phi) is 6.40. The zero-order valence-corrected chi connectivity index (χ0v) is 14.3. The highest BCUT2D eigenvalue weighted by molar-refractivity contribution is 5.99. The molecule has 7 heteroatoms. The van der Waals surface area contributed by atoms with Gasteiger partial charge in [0.1, 0.15) is 5.75 Å². The zero-order chi connectivity index (χ0) is 16.1. The van der Waals surface area contributed by atoms with E-state index in [2.05, 4.69) is 26.9 Å². The molecule has 0 unspecified atom stereocenters. The van der Waals surface area contributed by atoms with Crippen LogP contribution in [0.1, 0.15) is 16.8 Å². The van der Waals surface area contributed by atoms with Crippen molar-refractivity contribution in [3.05, 3.63) is 47.7 Å². The quantitative estimate of drug-likeness (QED) is 0.723. The summed E-state index contributed by atoms with van der Waals surface area (Å²) in [6.07, 6.45) is 4.66. The van der Waals surface area contributed by atoms with Crippen LogP contribution in [-0.2, 0) is 0 Å². The van der Waals surface area contributed by atoms with Gasteiger partial charge < -0.3 is 15.4 Å². The van der Waals surface area contributed by atoms with Crippen molar-refractivity contribution in [2.24, 2.45) is 0 Å². The van der Waals surface area contributed by atoms with Gasteiger partial charge in [-0.3, -0.25) is 9.89 Å². The van der Waals surface area contributed by atoms with Gasteiger partial charge in [-0.05, 0) is 37.2 Å². The van der Waals surface area contributed by atoms with E-state index in [1.165, 1.54) is 5.57 Å². The fourth-order valence-electron chi connectivity index (χ4n) is 2.56. The molecule has 3 rings (SSSR count). The van der Waals surface area contributed by atoms with Gasteiger partial charge >= 0.3 is 0 Å². The number of aromatic amines is 1. The summed E-state index contributed by atoms with van der Waals surface area (Å²) in [7, 11) is 1.62. The molecule has 1 aliphatic rings. The Balaban J connectivity index is 0.00000208. The molecule has 0 radical (unpaired) electrons. The van der Waals surface area contributed by atoms with E-state index in [0.717, 1.165) is 30.8 Å². The standard InChI is InChI=1S/C17H20N4O2.ClH/c1-23-14-4-2-13(3-5-14)16-15(11-20-21-16)17(22)19-10-12-6-8-18-9-7-12;/h2-6,11,18H,7-10H2,1H3,(H,19,22)(H,20,21);1H. The van der Waals surface area contributed by atoms with E-state index in [1.807, 2.05) is 24.3 Å². The third-order valence-corrected chi connectivity index (χ3v) is 3.90. The SMILES string of the molecule is COc1ccc(-c2[nH]ncc2C(=O)NCC2=CCNCC2)cc1.Cl. The van der Waals surface area contributed by atoms with Gasteiger partial charge in [-0.2, -0.15) is 5.10 Å². The molecular formula is C17H21ClN4O2. The van der Waals surface area contributed by atoms with E-state index in [9.17, 15) is 4.79 Å². The number of carbonyl (C=O) groups excluding carboxylic acids is 1. The third-order valence-electron chi connectivity index (χ3n) is 3.90. The Bertz CT molecular complexity index is 710. The fourth-order valence-corrected chi connectivity index (χ4v) is 2.56. The molecule has 3 N–H and O–H groups in total. The molecule has 6 nitrogen and oxygen atoms in total. The van der Waals surface area contributed by atoms with Gasteiger partial charge in [-0.1, -0.05) is 11.6 Å². The lowest BCUT2D eigenvalue weighted by Gasteiger charge is -2.14. The molecule has 1 amide bonds. The molecule has 0 atom stereocenters. The molecule has 0 saturated heterocycles. The van der Waals surface area contributed by atoms with E-state index in [0.29, 0.717) is 17.8 Å². The first-order chi connectivity index (χ1) is 11.3. The highest BCUT2D eigenvalue weighted by Gasteiger charge is 2.15. The summed E-state index contributed by atoms with van der Waals surface area (Å²) in [6.45, 7) is 2.41. The second-order valence-electron chi connectivity index (χ2n) is 5.39. The van der Waals surface area contributed by atoms with Gasteiger partial charge in [0, 0.05) is 18.7 Å². The number of ether oxygens (including phenoxy) is 1. The van der Waals surface area contributed by atoms with E-state index in [4.69, 9.17) is 4.74 Å². The molecule has 0 bridgehead atoms. The van der Waals surface area contributed by atoms with Gasteiger partial charge in [-0.25, -0.2) is 0 Å². The van der Waals surface area contributed by atoms with E-state index in [-0.39, 0.29) is 18.3 Å². The predicted octanol–water partition coefficient (Wildman–Crippen LogP) is 2.16. The Labute approximate surface area is 147 Å². The summed E-state index contributed by atoms with van der Waals surface area (Å²) in [5.41, 5.74) is 3.41. The van der Waals surface area contributed by atoms with Crippen LogP contribution in [0.4, 0.5) is 0 Å². The zero-order valence-electron chi connectivity index (χ0n) is 13.5. The number of halogens is 1. The van der Waals surface area contributed by atoms with Crippen LogP contribution in [0, 0.1) is 0 Å². The van der Waals surface area contributed by atoms with Crippen LogP contribution in [0.15, 0.2) is 42.1 Å². The van der Waals surface area contributed by atoms with Crippen molar-refractivity contribution in [1.82, 2.24) is 20.8 Å². The Morgan fingerprint density at radius 2 is 2.12 bits per heavy atom. The monoisotopic (exact) mass is 348 g/mol. The Morgan fingerprint density at radius 3 is 2.79 bits per heavy atom. The first-order valence-corrected chi connectivity index (χ1v) is 7.62. The smallest absolute Gasteiger partial charge is 0.255 e. The van der Waals surface area contributed by atoms with Crippen LogP contribution >= 0.6 is 12.4 Å². The summed E-state index contributed by atoms with van der Waals surface area (Å²) < 4.78 is 5.15. The van der Waals surface area contributed by atoms with Crippen LogP contribution in [0.2, 0.25) is 0 Å². The van der Waals surface area contributed by atoms with Gasteiger partial charge in [0.25, 0.3) is 5.91 Å². The van der Waals surface area contributed by atoms with Crippen LogP contribution in [0.5, 0.6) is 5.75 Å². The number of aromatic nitrogens is 2. The Morgan fingerprint density at radius 1 is 1.33 bits per heavy atom. The molecule has 1 aromatic carbocycles. The normalized spacial score (nSPS) is 13.6. The third kappa shape index (κ3) is 4.15. The van der Waals surface area contributed by atoms with E-state index in [1.54, 1.807) is 13.3 Å². The van der Waals surface area contributed by atoms with Crippen molar-refractivity contribution in [3.8, 4) is 17.0 Å². The van der Waals surface area contributed by atoms with E-state index >= 15 is 0 Å². The summed E-state index contributed by atoms with van der Waals surface area (Å²) in [6, 6.07) is 7.52. The second kappa shape index (κ2) is 8.52. The topological polar surface area (TPSA) is 79.0 Å². The number of benzene rings is 1. The maximum Gasteiger partial charge on any atom is 0.255 e. The maximum atomic E-state index is 12.4. The molecule has 0 saturated carbocycles. The fraction of sp³-hybridized carbons (Fsp3) is 0.294. The van der Waals surface area contributed by atoms with Crippen molar-refractivity contribution < 1.29 is 9.53 Å².